The van der Waals surface area contributed by atoms with Crippen LogP contribution in [0.1, 0.15) is 12.6 Å². The van der Waals surface area contributed by atoms with Crippen LogP contribution in [0, 0.1) is 11.3 Å². The second kappa shape index (κ2) is 4.35. The van der Waals surface area contributed by atoms with Gasteiger partial charge >= 0.3 is 0 Å². The quantitative estimate of drug-likeness (QED) is 0.677. The largest absolute Gasteiger partial charge is 0.494 e. The van der Waals surface area contributed by atoms with Gasteiger partial charge in [-0.25, -0.2) is 0 Å². The van der Waals surface area contributed by atoms with E-state index in [0.717, 1.165) is 11.4 Å². The molecule has 1 rings (SSSR count). The fourth-order valence-corrected chi connectivity index (χ4v) is 0.890. The van der Waals surface area contributed by atoms with Crippen LogP contribution < -0.4 is 4.74 Å². The second-order valence-corrected chi connectivity index (χ2v) is 2.25. The van der Waals surface area contributed by atoms with E-state index in [1.165, 1.54) is 0 Å². The number of rotatable bonds is 3. The molecule has 0 saturated carbocycles. The molecule has 0 N–H and O–H groups in total. The lowest BCUT2D eigenvalue weighted by Gasteiger charge is -2.02. The summed E-state index contributed by atoms with van der Waals surface area (Å²) in [7, 11) is 0. The third-order valence-electron chi connectivity index (χ3n) is 1.36. The first-order valence-corrected chi connectivity index (χ1v) is 3.81. The van der Waals surface area contributed by atoms with E-state index < -0.39 is 0 Å². The molecule has 1 aromatic rings. The summed E-state index contributed by atoms with van der Waals surface area (Å²) in [5, 5.41) is 8.41. The van der Waals surface area contributed by atoms with Gasteiger partial charge in [0.05, 0.1) is 24.8 Å². The first-order valence-electron chi connectivity index (χ1n) is 3.81. The summed E-state index contributed by atoms with van der Waals surface area (Å²) >= 11 is 0. The minimum atomic E-state index is 0.334. The molecule has 1 heterocycles. The fraction of sp³-hybridized carbons (Fsp3) is 0.333. The average Bonchev–Trinajstić information content (AvgIpc) is 2.06. The van der Waals surface area contributed by atoms with Gasteiger partial charge in [-0.2, -0.15) is 5.26 Å². The Morgan fingerprint density at radius 3 is 3.17 bits per heavy atom. The maximum atomic E-state index is 8.41. The zero-order chi connectivity index (χ0) is 8.81. The number of nitriles is 1. The molecule has 0 atom stereocenters. The fourth-order valence-electron chi connectivity index (χ4n) is 0.890. The normalized spacial score (nSPS) is 9.00. The molecule has 0 amide bonds. The SMILES string of the molecule is CCOc1ccnc(CC#N)c1. The van der Waals surface area contributed by atoms with E-state index in [-0.39, 0.29) is 0 Å². The number of aromatic nitrogens is 1. The molecule has 0 aliphatic heterocycles. The van der Waals surface area contributed by atoms with Crippen LogP contribution in [-0.4, -0.2) is 11.6 Å². The molecule has 0 unspecified atom stereocenters. The topological polar surface area (TPSA) is 45.9 Å². The molecule has 0 bridgehead atoms. The van der Waals surface area contributed by atoms with Gasteiger partial charge in [0, 0.05) is 12.3 Å². The van der Waals surface area contributed by atoms with Gasteiger partial charge in [-0.3, -0.25) is 4.98 Å². The summed E-state index contributed by atoms with van der Waals surface area (Å²) in [5.74, 6) is 0.776. The lowest BCUT2D eigenvalue weighted by Crippen LogP contribution is -1.94. The maximum Gasteiger partial charge on any atom is 0.122 e. The molecule has 0 aliphatic carbocycles. The van der Waals surface area contributed by atoms with Crippen LogP contribution >= 0.6 is 0 Å². The zero-order valence-electron chi connectivity index (χ0n) is 6.95. The number of hydrogen-bond acceptors (Lipinski definition) is 3. The lowest BCUT2D eigenvalue weighted by atomic mass is 10.3. The van der Waals surface area contributed by atoms with Crippen molar-refractivity contribution in [3.8, 4) is 11.8 Å². The van der Waals surface area contributed by atoms with Crippen LogP contribution in [0.15, 0.2) is 18.3 Å². The number of hydrogen-bond donors (Lipinski definition) is 0. The summed E-state index contributed by atoms with van der Waals surface area (Å²) in [6.07, 6.45) is 1.98. The van der Waals surface area contributed by atoms with E-state index in [4.69, 9.17) is 10.00 Å². The molecule has 0 aromatic carbocycles. The highest BCUT2D eigenvalue weighted by Gasteiger charge is 1.95. The van der Waals surface area contributed by atoms with Crippen molar-refractivity contribution < 1.29 is 4.74 Å². The van der Waals surface area contributed by atoms with E-state index in [1.54, 1.807) is 18.3 Å². The minimum Gasteiger partial charge on any atom is -0.494 e. The first kappa shape index (κ1) is 8.54. The molecule has 1 aromatic heterocycles. The van der Waals surface area contributed by atoms with Crippen molar-refractivity contribution in [1.82, 2.24) is 4.98 Å². The molecule has 62 valence electrons. The summed E-state index contributed by atoms with van der Waals surface area (Å²) in [6, 6.07) is 5.60. The smallest absolute Gasteiger partial charge is 0.122 e. The number of ether oxygens (including phenoxy) is 1. The number of pyridine rings is 1. The first-order chi connectivity index (χ1) is 5.86. The third-order valence-corrected chi connectivity index (χ3v) is 1.36. The summed E-state index contributed by atoms with van der Waals surface area (Å²) in [4.78, 5) is 4.01. The molecule has 3 heteroatoms. The van der Waals surface area contributed by atoms with E-state index in [0.29, 0.717) is 13.0 Å². The molecular weight excluding hydrogens is 152 g/mol. The molecular formula is C9H10N2O. The van der Waals surface area contributed by atoms with Gasteiger partial charge in [-0.1, -0.05) is 0 Å². The van der Waals surface area contributed by atoms with Gasteiger partial charge in [0.2, 0.25) is 0 Å². The van der Waals surface area contributed by atoms with Crippen LogP contribution in [0.5, 0.6) is 5.75 Å². The predicted octanol–water partition coefficient (Wildman–Crippen LogP) is 1.55. The van der Waals surface area contributed by atoms with Gasteiger partial charge < -0.3 is 4.74 Å². The van der Waals surface area contributed by atoms with E-state index >= 15 is 0 Å². The Balaban J connectivity index is 2.75. The maximum absolute atomic E-state index is 8.41. The summed E-state index contributed by atoms with van der Waals surface area (Å²) < 4.78 is 5.24. The van der Waals surface area contributed by atoms with Crippen molar-refractivity contribution in [2.75, 3.05) is 6.61 Å². The Labute approximate surface area is 71.6 Å². The highest BCUT2D eigenvalue weighted by Crippen LogP contribution is 2.10. The highest BCUT2D eigenvalue weighted by atomic mass is 16.5. The van der Waals surface area contributed by atoms with Crippen molar-refractivity contribution in [3.05, 3.63) is 24.0 Å². The summed E-state index contributed by atoms with van der Waals surface area (Å²) in [6.45, 7) is 2.56. The molecule has 0 aliphatic rings. The standard InChI is InChI=1S/C9H10N2O/c1-2-12-9-4-6-11-8(7-9)3-5-10/h4,6-7H,2-3H2,1H3. The Kier molecular flexibility index (Phi) is 3.09. The van der Waals surface area contributed by atoms with Gasteiger partial charge in [0.15, 0.2) is 0 Å². The zero-order valence-corrected chi connectivity index (χ0v) is 6.95. The Bertz CT molecular complexity index is 291. The van der Waals surface area contributed by atoms with Crippen molar-refractivity contribution in [1.29, 1.82) is 5.26 Å². The second-order valence-electron chi connectivity index (χ2n) is 2.25. The third kappa shape index (κ3) is 2.24. The average molecular weight is 162 g/mol. The number of nitrogens with zero attached hydrogens (tertiary/aromatic N) is 2. The van der Waals surface area contributed by atoms with Crippen molar-refractivity contribution in [2.24, 2.45) is 0 Å². The van der Waals surface area contributed by atoms with Gasteiger partial charge in [-0.15, -0.1) is 0 Å². The van der Waals surface area contributed by atoms with Crippen LogP contribution in [0.4, 0.5) is 0 Å². The highest BCUT2D eigenvalue weighted by molar-refractivity contribution is 5.23. The molecule has 0 spiro atoms. The Morgan fingerprint density at radius 1 is 1.67 bits per heavy atom. The van der Waals surface area contributed by atoms with Gasteiger partial charge in [0.1, 0.15) is 5.75 Å². The van der Waals surface area contributed by atoms with Crippen molar-refractivity contribution >= 4 is 0 Å². The van der Waals surface area contributed by atoms with E-state index in [2.05, 4.69) is 4.98 Å². The summed E-state index contributed by atoms with van der Waals surface area (Å²) in [5.41, 5.74) is 0.753. The Hall–Kier alpha value is -1.56. The molecule has 0 fully saturated rings. The van der Waals surface area contributed by atoms with Crippen LogP contribution in [0.25, 0.3) is 0 Å². The predicted molar refractivity (Wildman–Crippen MR) is 44.7 cm³/mol. The van der Waals surface area contributed by atoms with Crippen LogP contribution in [0.2, 0.25) is 0 Å². The van der Waals surface area contributed by atoms with E-state index in [1.807, 2.05) is 13.0 Å². The molecule has 0 radical (unpaired) electrons. The van der Waals surface area contributed by atoms with Gasteiger partial charge in [-0.05, 0) is 13.0 Å². The monoisotopic (exact) mass is 162 g/mol. The Morgan fingerprint density at radius 2 is 2.50 bits per heavy atom. The van der Waals surface area contributed by atoms with E-state index in [9.17, 15) is 0 Å². The lowest BCUT2D eigenvalue weighted by molar-refractivity contribution is 0.339. The van der Waals surface area contributed by atoms with Crippen LogP contribution in [-0.2, 0) is 6.42 Å². The molecule has 0 saturated heterocycles. The van der Waals surface area contributed by atoms with Gasteiger partial charge in [0.25, 0.3) is 0 Å². The van der Waals surface area contributed by atoms with Crippen LogP contribution in [0.3, 0.4) is 0 Å². The minimum absolute atomic E-state index is 0.334. The molecule has 12 heavy (non-hydrogen) atoms. The molecule has 3 nitrogen and oxygen atoms in total. The van der Waals surface area contributed by atoms with Crippen molar-refractivity contribution in [3.63, 3.8) is 0 Å². The van der Waals surface area contributed by atoms with Crippen molar-refractivity contribution in [2.45, 2.75) is 13.3 Å².